The van der Waals surface area contributed by atoms with Crippen LogP contribution in [-0.2, 0) is 12.8 Å². The first-order chi connectivity index (χ1) is 9.78. The Balaban J connectivity index is 2.05. The van der Waals surface area contributed by atoms with Crippen molar-refractivity contribution in [3.63, 3.8) is 0 Å². The van der Waals surface area contributed by atoms with Crippen LogP contribution in [0, 0.1) is 0 Å². The van der Waals surface area contributed by atoms with Crippen molar-refractivity contribution in [2.24, 2.45) is 0 Å². The van der Waals surface area contributed by atoms with E-state index in [1.165, 1.54) is 22.3 Å². The van der Waals surface area contributed by atoms with E-state index >= 15 is 0 Å². The second-order valence-electron chi connectivity index (χ2n) is 5.38. The minimum Gasteiger partial charge on any atom is -0.321 e. The largest absolute Gasteiger partial charge is 0.321 e. The van der Waals surface area contributed by atoms with Gasteiger partial charge in [0.2, 0.25) is 0 Å². The molecule has 1 aromatic heterocycles. The van der Waals surface area contributed by atoms with Gasteiger partial charge in [-0.1, -0.05) is 43.3 Å². The molecule has 0 unspecified atom stereocenters. The second-order valence-corrected chi connectivity index (χ2v) is 5.38. The quantitative estimate of drug-likeness (QED) is 0.557. The van der Waals surface area contributed by atoms with Crippen molar-refractivity contribution in [2.75, 3.05) is 0 Å². The molecule has 0 saturated carbocycles. The molecule has 1 aliphatic carbocycles. The number of aromatic amines is 1. The zero-order valence-electron chi connectivity index (χ0n) is 11.4. The monoisotopic (exact) mass is 261 g/mol. The number of benzene rings is 2. The highest BCUT2D eigenvalue weighted by atomic mass is 16.1. The van der Waals surface area contributed by atoms with Gasteiger partial charge in [0, 0.05) is 17.4 Å². The summed E-state index contributed by atoms with van der Waals surface area (Å²) in [7, 11) is 0. The van der Waals surface area contributed by atoms with Crippen molar-refractivity contribution in [2.45, 2.75) is 19.8 Å². The lowest BCUT2D eigenvalue weighted by Gasteiger charge is -2.05. The summed E-state index contributed by atoms with van der Waals surface area (Å²) in [5, 5.41) is 1.87. The molecule has 2 aromatic carbocycles. The maximum absolute atomic E-state index is 12.2. The Morgan fingerprint density at radius 3 is 2.70 bits per heavy atom. The van der Waals surface area contributed by atoms with Gasteiger partial charge in [-0.05, 0) is 34.6 Å². The molecular formula is C18H15NO. The molecule has 0 fully saturated rings. The minimum atomic E-state index is 0.00627. The number of pyridine rings is 1. The highest BCUT2D eigenvalue weighted by molar-refractivity contribution is 5.92. The van der Waals surface area contributed by atoms with E-state index in [0.717, 1.165) is 29.3 Å². The van der Waals surface area contributed by atoms with Gasteiger partial charge in [0.15, 0.2) is 0 Å². The van der Waals surface area contributed by atoms with Crippen molar-refractivity contribution in [3.05, 3.63) is 69.5 Å². The van der Waals surface area contributed by atoms with Crippen LogP contribution in [0.25, 0.3) is 22.0 Å². The minimum absolute atomic E-state index is 0.00627. The third kappa shape index (κ3) is 1.48. The van der Waals surface area contributed by atoms with Crippen LogP contribution in [0.2, 0.25) is 0 Å². The van der Waals surface area contributed by atoms with E-state index in [1.807, 2.05) is 18.2 Å². The Morgan fingerprint density at radius 2 is 1.90 bits per heavy atom. The summed E-state index contributed by atoms with van der Waals surface area (Å²) < 4.78 is 0. The molecule has 2 heteroatoms. The van der Waals surface area contributed by atoms with Crippen LogP contribution in [0.4, 0.5) is 0 Å². The van der Waals surface area contributed by atoms with E-state index in [0.29, 0.717) is 0 Å². The molecule has 20 heavy (non-hydrogen) atoms. The van der Waals surface area contributed by atoms with Crippen LogP contribution in [0.1, 0.15) is 23.6 Å². The van der Waals surface area contributed by atoms with E-state index in [1.54, 1.807) is 0 Å². The van der Waals surface area contributed by atoms with E-state index in [9.17, 15) is 4.79 Å². The molecule has 0 radical (unpaired) electrons. The average molecular weight is 261 g/mol. The van der Waals surface area contributed by atoms with Crippen molar-refractivity contribution in [1.82, 2.24) is 4.98 Å². The Hall–Kier alpha value is -2.35. The zero-order valence-corrected chi connectivity index (χ0v) is 11.4. The highest BCUT2D eigenvalue weighted by Crippen LogP contribution is 2.38. The molecule has 1 N–H and O–H groups in total. The molecule has 1 aliphatic rings. The van der Waals surface area contributed by atoms with E-state index in [4.69, 9.17) is 0 Å². The molecule has 0 spiro atoms. The van der Waals surface area contributed by atoms with Crippen LogP contribution in [-0.4, -0.2) is 4.98 Å². The maximum atomic E-state index is 12.2. The molecule has 0 saturated heterocycles. The van der Waals surface area contributed by atoms with Crippen molar-refractivity contribution < 1.29 is 0 Å². The van der Waals surface area contributed by atoms with Crippen LogP contribution >= 0.6 is 0 Å². The van der Waals surface area contributed by atoms with Crippen LogP contribution in [0.3, 0.4) is 0 Å². The number of hydrogen-bond acceptors (Lipinski definition) is 1. The summed E-state index contributed by atoms with van der Waals surface area (Å²) in [6, 6.07) is 14.4. The van der Waals surface area contributed by atoms with Gasteiger partial charge >= 0.3 is 0 Å². The van der Waals surface area contributed by atoms with Crippen LogP contribution in [0.15, 0.2) is 47.3 Å². The topological polar surface area (TPSA) is 32.9 Å². The summed E-state index contributed by atoms with van der Waals surface area (Å²) in [6.07, 6.45) is 1.96. The van der Waals surface area contributed by atoms with Gasteiger partial charge in [-0.25, -0.2) is 0 Å². The first kappa shape index (κ1) is 11.5. The predicted octanol–water partition coefficient (Wildman–Crippen LogP) is 3.66. The Labute approximate surface area is 117 Å². The van der Waals surface area contributed by atoms with E-state index in [-0.39, 0.29) is 5.56 Å². The lowest BCUT2D eigenvalue weighted by atomic mass is 10.0. The van der Waals surface area contributed by atoms with Gasteiger partial charge in [-0.15, -0.1) is 0 Å². The van der Waals surface area contributed by atoms with Gasteiger partial charge in [0.25, 0.3) is 5.56 Å². The van der Waals surface area contributed by atoms with Crippen LogP contribution in [0.5, 0.6) is 0 Å². The fraction of sp³-hybridized carbons (Fsp3) is 0.167. The van der Waals surface area contributed by atoms with E-state index < -0.39 is 0 Å². The number of aryl methyl sites for hydroxylation is 1. The lowest BCUT2D eigenvalue weighted by Crippen LogP contribution is -2.08. The number of rotatable bonds is 1. The molecule has 0 atom stereocenters. The predicted molar refractivity (Wildman–Crippen MR) is 82.2 cm³/mol. The molecule has 0 bridgehead atoms. The lowest BCUT2D eigenvalue weighted by molar-refractivity contribution is 1.12. The summed E-state index contributed by atoms with van der Waals surface area (Å²) in [5.74, 6) is 0. The molecule has 1 heterocycles. The zero-order chi connectivity index (χ0) is 13.7. The molecule has 2 nitrogen and oxygen atoms in total. The number of H-pyrrole nitrogens is 1. The SMILES string of the molecule is CCc1ccc2c(c1)Cc1c-2[nH]c(=O)c2ccccc12. The van der Waals surface area contributed by atoms with E-state index in [2.05, 4.69) is 36.2 Å². The molecule has 4 rings (SSSR count). The summed E-state index contributed by atoms with van der Waals surface area (Å²) in [4.78, 5) is 15.3. The maximum Gasteiger partial charge on any atom is 0.256 e. The fourth-order valence-electron chi connectivity index (χ4n) is 3.20. The molecule has 3 aromatic rings. The Kier molecular flexibility index (Phi) is 2.34. The van der Waals surface area contributed by atoms with Gasteiger partial charge in [-0.2, -0.15) is 0 Å². The highest BCUT2D eigenvalue weighted by Gasteiger charge is 2.22. The standard InChI is InChI=1S/C18H15NO/c1-2-11-7-8-13-12(9-11)10-16-14-5-3-4-6-15(14)18(20)19-17(13)16/h3-9H,2,10H2,1H3,(H,19,20). The van der Waals surface area contributed by atoms with Gasteiger partial charge in [-0.3, -0.25) is 4.79 Å². The number of fused-ring (bicyclic) bond motifs is 5. The van der Waals surface area contributed by atoms with Crippen molar-refractivity contribution in [1.29, 1.82) is 0 Å². The van der Waals surface area contributed by atoms with Gasteiger partial charge in [0.05, 0.1) is 5.69 Å². The molecule has 98 valence electrons. The second kappa shape index (κ2) is 4.07. The normalized spacial score (nSPS) is 12.4. The summed E-state index contributed by atoms with van der Waals surface area (Å²) in [5.41, 5.74) is 6.12. The molecule has 0 aliphatic heterocycles. The summed E-state index contributed by atoms with van der Waals surface area (Å²) in [6.45, 7) is 2.17. The molecular weight excluding hydrogens is 246 g/mol. The third-order valence-corrected chi connectivity index (χ3v) is 4.25. The van der Waals surface area contributed by atoms with Gasteiger partial charge < -0.3 is 4.98 Å². The van der Waals surface area contributed by atoms with Gasteiger partial charge in [0.1, 0.15) is 0 Å². The first-order valence-corrected chi connectivity index (χ1v) is 7.04. The van der Waals surface area contributed by atoms with Crippen molar-refractivity contribution >= 4 is 10.8 Å². The fourth-order valence-corrected chi connectivity index (χ4v) is 3.20. The Morgan fingerprint density at radius 1 is 1.10 bits per heavy atom. The molecule has 0 amide bonds. The smallest absolute Gasteiger partial charge is 0.256 e. The van der Waals surface area contributed by atoms with Crippen LogP contribution < -0.4 is 5.56 Å². The first-order valence-electron chi connectivity index (χ1n) is 7.04. The number of nitrogens with one attached hydrogen (secondary N) is 1. The Bertz CT molecular complexity index is 890. The van der Waals surface area contributed by atoms with Crippen molar-refractivity contribution in [3.8, 4) is 11.3 Å². The average Bonchev–Trinajstić information content (AvgIpc) is 2.85. The summed E-state index contributed by atoms with van der Waals surface area (Å²) >= 11 is 0. The number of hydrogen-bond donors (Lipinski definition) is 1. The third-order valence-electron chi connectivity index (χ3n) is 4.25. The number of aromatic nitrogens is 1.